The van der Waals surface area contributed by atoms with Gasteiger partial charge in [0.1, 0.15) is 5.57 Å². The summed E-state index contributed by atoms with van der Waals surface area (Å²) >= 11 is 0. The average molecular weight is 246 g/mol. The molecule has 0 fully saturated rings. The number of allylic oxidation sites excluding steroid dienone is 1. The lowest BCUT2D eigenvalue weighted by Crippen LogP contribution is -2.28. The van der Waals surface area contributed by atoms with Crippen LogP contribution >= 0.6 is 0 Å². The highest BCUT2D eigenvalue weighted by atomic mass is 19.4. The summed E-state index contributed by atoms with van der Waals surface area (Å²) < 4.78 is 104. The number of hydrogen-bond donors (Lipinski definition) is 0. The second-order valence-electron chi connectivity index (χ2n) is 2.45. The monoisotopic (exact) mass is 246 g/mol. The topological polar surface area (TPSA) is 0 Å². The van der Waals surface area contributed by atoms with Crippen LogP contribution in [0.4, 0.5) is 39.5 Å². The van der Waals surface area contributed by atoms with Gasteiger partial charge in [-0.3, -0.25) is 0 Å². The van der Waals surface area contributed by atoms with E-state index in [4.69, 9.17) is 0 Å². The van der Waals surface area contributed by atoms with Crippen LogP contribution in [-0.2, 0) is 0 Å². The number of hydrogen-bond acceptors (Lipinski definition) is 0. The molecule has 0 saturated carbocycles. The van der Waals surface area contributed by atoms with Crippen LogP contribution in [0.25, 0.3) is 0 Å². The maximum absolute atomic E-state index is 12.1. The van der Waals surface area contributed by atoms with Crippen molar-refractivity contribution in [2.75, 3.05) is 0 Å². The zero-order chi connectivity index (χ0) is 12.4. The van der Waals surface area contributed by atoms with E-state index in [0.717, 1.165) is 0 Å². The van der Waals surface area contributed by atoms with Gasteiger partial charge in [-0.25, -0.2) is 4.39 Å². The molecule has 0 aliphatic rings. The second kappa shape index (κ2) is 4.31. The molecule has 0 bridgehead atoms. The average Bonchev–Trinajstić information content (AvgIpc) is 1.94. The van der Waals surface area contributed by atoms with Crippen LogP contribution in [0.5, 0.6) is 0 Å². The van der Waals surface area contributed by atoms with Gasteiger partial charge in [0.15, 0.2) is 6.17 Å². The predicted octanol–water partition coefficient (Wildman–Crippen LogP) is 3.99. The van der Waals surface area contributed by atoms with Crippen LogP contribution in [0, 0.1) is 0 Å². The number of halogens is 9. The molecule has 9 heteroatoms. The summed E-state index contributed by atoms with van der Waals surface area (Å²) in [6, 6.07) is 0. The molecule has 0 aliphatic carbocycles. The van der Waals surface area contributed by atoms with Crippen LogP contribution < -0.4 is 0 Å². The van der Waals surface area contributed by atoms with Gasteiger partial charge in [0.05, 0.1) is 0 Å². The molecule has 1 atom stereocenters. The van der Waals surface area contributed by atoms with Crippen LogP contribution in [-0.4, -0.2) is 18.5 Å². The van der Waals surface area contributed by atoms with Gasteiger partial charge >= 0.3 is 12.4 Å². The van der Waals surface area contributed by atoms with E-state index in [-0.39, 0.29) is 0 Å². The fraction of sp³-hybridized carbons (Fsp3) is 0.667. The molecule has 0 spiro atoms. The highest BCUT2D eigenvalue weighted by Crippen LogP contribution is 2.37. The molecule has 0 nitrogen and oxygen atoms in total. The Balaban J connectivity index is 4.84. The van der Waals surface area contributed by atoms with E-state index in [0.29, 0.717) is 0 Å². The first kappa shape index (κ1) is 14.1. The minimum absolute atomic E-state index is 2.44. The number of alkyl halides is 7. The Morgan fingerprint density at radius 3 is 1.53 bits per heavy atom. The predicted molar refractivity (Wildman–Crippen MR) is 30.9 cm³/mol. The molecule has 0 aromatic heterocycles. The van der Waals surface area contributed by atoms with Gasteiger partial charge in [-0.15, -0.1) is 0 Å². The molecule has 0 aromatic rings. The number of rotatable bonds is 2. The molecule has 0 radical (unpaired) electrons. The maximum Gasteiger partial charge on any atom is 0.419 e. The Hall–Kier alpha value is -0.890. The maximum atomic E-state index is 12.1. The fourth-order valence-electron chi connectivity index (χ4n) is 0.595. The van der Waals surface area contributed by atoms with Crippen LogP contribution in [0.2, 0.25) is 0 Å². The van der Waals surface area contributed by atoms with Crippen molar-refractivity contribution in [2.24, 2.45) is 0 Å². The van der Waals surface area contributed by atoms with Crippen LogP contribution in [0.1, 0.15) is 6.42 Å². The van der Waals surface area contributed by atoms with Gasteiger partial charge < -0.3 is 0 Å². The lowest BCUT2D eigenvalue weighted by atomic mass is 10.1. The first-order chi connectivity index (χ1) is 6.46. The Bertz CT molecular complexity index is 240. The molecule has 15 heavy (non-hydrogen) atoms. The van der Waals surface area contributed by atoms with Crippen molar-refractivity contribution in [1.82, 2.24) is 0 Å². The summed E-state index contributed by atoms with van der Waals surface area (Å²) in [4.78, 5) is 0. The lowest BCUT2D eigenvalue weighted by Gasteiger charge is -2.15. The molecule has 0 aliphatic heterocycles. The summed E-state index contributed by atoms with van der Waals surface area (Å²) in [6.07, 6.45) is -21.0. The summed E-state index contributed by atoms with van der Waals surface area (Å²) in [5, 5.41) is 0. The Morgan fingerprint density at radius 1 is 0.933 bits per heavy atom. The second-order valence-corrected chi connectivity index (χ2v) is 2.45. The van der Waals surface area contributed by atoms with E-state index in [1.807, 2.05) is 0 Å². The molecule has 0 rings (SSSR count). The van der Waals surface area contributed by atoms with E-state index in [9.17, 15) is 39.5 Å². The highest BCUT2D eigenvalue weighted by molar-refractivity contribution is 5.11. The van der Waals surface area contributed by atoms with Crippen molar-refractivity contribution in [2.45, 2.75) is 24.9 Å². The Morgan fingerprint density at radius 2 is 1.33 bits per heavy atom. The molecule has 0 aromatic carbocycles. The zero-order valence-corrected chi connectivity index (χ0v) is 6.69. The van der Waals surface area contributed by atoms with Crippen molar-refractivity contribution in [3.8, 4) is 0 Å². The first-order valence-electron chi connectivity index (χ1n) is 3.28. The van der Waals surface area contributed by atoms with E-state index < -0.39 is 36.6 Å². The SMILES string of the molecule is FC(F)=C(CC(F)C(F)(F)F)C(F)(F)F. The summed E-state index contributed by atoms with van der Waals surface area (Å²) in [5.41, 5.74) is -2.80. The standard InChI is InChI=1S/C6H3F9/c7-3(6(13,14)15)1-2(4(8)9)5(10,11)12/h3H,1H2. The quantitative estimate of drug-likeness (QED) is 0.646. The largest absolute Gasteiger partial charge is 0.419 e. The third kappa shape index (κ3) is 4.43. The molecule has 1 unspecified atom stereocenters. The molecular weight excluding hydrogens is 243 g/mol. The van der Waals surface area contributed by atoms with E-state index in [1.54, 1.807) is 0 Å². The van der Waals surface area contributed by atoms with Gasteiger partial charge in [0, 0.05) is 6.42 Å². The van der Waals surface area contributed by atoms with Crippen LogP contribution in [0.3, 0.4) is 0 Å². The van der Waals surface area contributed by atoms with E-state index in [1.165, 1.54) is 0 Å². The fourth-order valence-corrected chi connectivity index (χ4v) is 0.595. The normalized spacial score (nSPS) is 15.0. The van der Waals surface area contributed by atoms with Crippen molar-refractivity contribution < 1.29 is 39.5 Å². The molecule has 90 valence electrons. The zero-order valence-electron chi connectivity index (χ0n) is 6.69. The van der Waals surface area contributed by atoms with Crippen molar-refractivity contribution in [3.63, 3.8) is 0 Å². The summed E-state index contributed by atoms with van der Waals surface area (Å²) in [5.74, 6) is 0. The molecule has 0 N–H and O–H groups in total. The van der Waals surface area contributed by atoms with Gasteiger partial charge in [-0.1, -0.05) is 0 Å². The van der Waals surface area contributed by atoms with Crippen molar-refractivity contribution >= 4 is 0 Å². The summed E-state index contributed by atoms with van der Waals surface area (Å²) in [6.45, 7) is 0. The van der Waals surface area contributed by atoms with Gasteiger partial charge in [0.25, 0.3) is 6.08 Å². The molecule has 0 amide bonds. The third-order valence-corrected chi connectivity index (χ3v) is 1.31. The van der Waals surface area contributed by atoms with Gasteiger partial charge in [0.2, 0.25) is 0 Å². The molecular formula is C6H3F9. The Labute approximate surface area is 77.4 Å². The molecule has 0 saturated heterocycles. The lowest BCUT2D eigenvalue weighted by molar-refractivity contribution is -0.184. The minimum Gasteiger partial charge on any atom is -0.237 e. The minimum atomic E-state index is -5.67. The smallest absolute Gasteiger partial charge is 0.237 e. The third-order valence-electron chi connectivity index (χ3n) is 1.31. The molecule has 0 heterocycles. The van der Waals surface area contributed by atoms with Crippen molar-refractivity contribution in [3.05, 3.63) is 11.7 Å². The van der Waals surface area contributed by atoms with Crippen molar-refractivity contribution in [1.29, 1.82) is 0 Å². The first-order valence-corrected chi connectivity index (χ1v) is 3.28. The highest BCUT2D eigenvalue weighted by Gasteiger charge is 2.46. The Kier molecular flexibility index (Phi) is 4.06. The van der Waals surface area contributed by atoms with Crippen LogP contribution in [0.15, 0.2) is 11.7 Å². The van der Waals surface area contributed by atoms with E-state index >= 15 is 0 Å². The van der Waals surface area contributed by atoms with Gasteiger partial charge in [-0.2, -0.15) is 35.1 Å². The van der Waals surface area contributed by atoms with Gasteiger partial charge in [-0.05, 0) is 0 Å². The summed E-state index contributed by atoms with van der Waals surface area (Å²) in [7, 11) is 0. The van der Waals surface area contributed by atoms with E-state index in [2.05, 4.69) is 0 Å².